The summed E-state index contributed by atoms with van der Waals surface area (Å²) in [6.45, 7) is 5.18. The fraction of sp³-hybridized carbons (Fsp3) is 0.800. The predicted octanol–water partition coefficient (Wildman–Crippen LogP) is 1.61. The number of aliphatic imine (C=N–C) groups is 1. The molecule has 1 saturated carbocycles. The first-order chi connectivity index (χ1) is 14.2. The van der Waals surface area contributed by atoms with Crippen molar-refractivity contribution in [3.05, 3.63) is 11.6 Å². The highest BCUT2D eigenvalue weighted by molar-refractivity contribution is 14.0. The molecule has 1 aliphatic heterocycles. The number of aromatic nitrogens is 3. The van der Waals surface area contributed by atoms with Crippen LogP contribution < -0.4 is 16.0 Å². The summed E-state index contributed by atoms with van der Waals surface area (Å²) in [5.41, 5.74) is 0. The largest absolute Gasteiger partial charge is 0.377 e. The third-order valence-corrected chi connectivity index (χ3v) is 5.52. The maximum atomic E-state index is 12.2. The summed E-state index contributed by atoms with van der Waals surface area (Å²) >= 11 is 0. The Morgan fingerprint density at radius 1 is 1.23 bits per heavy atom. The highest BCUT2D eigenvalue weighted by Crippen LogP contribution is 2.23. The van der Waals surface area contributed by atoms with Gasteiger partial charge in [-0.15, -0.1) is 24.0 Å². The van der Waals surface area contributed by atoms with Crippen molar-refractivity contribution >= 4 is 35.8 Å². The second-order valence-electron chi connectivity index (χ2n) is 7.83. The molecule has 0 spiro atoms. The molecule has 0 saturated heterocycles. The van der Waals surface area contributed by atoms with E-state index in [0.29, 0.717) is 19.7 Å². The highest BCUT2D eigenvalue weighted by atomic mass is 127. The second-order valence-corrected chi connectivity index (χ2v) is 7.83. The highest BCUT2D eigenvalue weighted by Gasteiger charge is 2.23. The molecule has 1 unspecified atom stereocenters. The summed E-state index contributed by atoms with van der Waals surface area (Å²) in [6, 6.07) is 0.245. The van der Waals surface area contributed by atoms with Crippen LogP contribution in [0.3, 0.4) is 0 Å². The number of nitrogens with zero attached hydrogens (tertiary/aromatic N) is 4. The molecule has 170 valence electrons. The number of fused-ring (bicyclic) bond motifs is 1. The summed E-state index contributed by atoms with van der Waals surface area (Å²) in [5, 5.41) is 14.4. The van der Waals surface area contributed by atoms with Gasteiger partial charge in [-0.25, -0.2) is 9.67 Å². The number of hydrogen-bond donors (Lipinski definition) is 3. The van der Waals surface area contributed by atoms with E-state index in [-0.39, 0.29) is 41.8 Å². The van der Waals surface area contributed by atoms with Gasteiger partial charge in [0.15, 0.2) is 11.8 Å². The Hall–Kier alpha value is -1.43. The van der Waals surface area contributed by atoms with Crippen LogP contribution in [-0.2, 0) is 29.1 Å². The van der Waals surface area contributed by atoms with Gasteiger partial charge in [0.1, 0.15) is 12.4 Å². The maximum absolute atomic E-state index is 12.2. The number of nitrogens with one attached hydrogen (secondary N) is 3. The molecule has 0 radical (unpaired) electrons. The number of methoxy groups -OCH3 is 1. The smallest absolute Gasteiger partial charge is 0.223 e. The monoisotopic (exact) mass is 533 g/mol. The number of ether oxygens (including phenoxy) is 1. The minimum Gasteiger partial charge on any atom is -0.377 e. The van der Waals surface area contributed by atoms with Gasteiger partial charge in [-0.2, -0.15) is 5.10 Å². The molecule has 3 rings (SSSR count). The molecule has 2 aliphatic rings. The first-order valence-electron chi connectivity index (χ1n) is 10.9. The van der Waals surface area contributed by atoms with Crippen molar-refractivity contribution in [3.8, 4) is 0 Å². The van der Waals surface area contributed by atoms with Crippen LogP contribution in [0, 0.1) is 5.92 Å². The van der Waals surface area contributed by atoms with E-state index >= 15 is 0 Å². The second kappa shape index (κ2) is 13.1. The molecular formula is C20H36IN7O2. The fourth-order valence-corrected chi connectivity index (χ4v) is 4.04. The molecule has 30 heavy (non-hydrogen) atoms. The van der Waals surface area contributed by atoms with Gasteiger partial charge in [0.05, 0.1) is 13.1 Å². The van der Waals surface area contributed by atoms with Gasteiger partial charge in [-0.3, -0.25) is 9.79 Å². The van der Waals surface area contributed by atoms with Crippen molar-refractivity contribution in [1.82, 2.24) is 30.7 Å². The van der Waals surface area contributed by atoms with E-state index in [0.717, 1.165) is 56.4 Å². The number of rotatable bonds is 8. The molecule has 2 heterocycles. The Morgan fingerprint density at radius 2 is 2.03 bits per heavy atom. The van der Waals surface area contributed by atoms with E-state index in [1.807, 2.05) is 4.68 Å². The zero-order chi connectivity index (χ0) is 20.5. The number of carbonyl (C=O) groups is 1. The van der Waals surface area contributed by atoms with Crippen molar-refractivity contribution < 1.29 is 9.53 Å². The van der Waals surface area contributed by atoms with Gasteiger partial charge in [0.25, 0.3) is 0 Å². The van der Waals surface area contributed by atoms with Crippen LogP contribution in [0.15, 0.2) is 4.99 Å². The summed E-state index contributed by atoms with van der Waals surface area (Å²) < 4.78 is 7.09. The Bertz CT molecular complexity index is 689. The summed E-state index contributed by atoms with van der Waals surface area (Å²) in [5.74, 6) is 2.92. The number of guanidine groups is 1. The standard InChI is InChI=1S/C20H35N7O2.HI/c1-3-21-20(23-12-11-22-19(28)15-7-5-4-6-8-15)24-16-9-10-18-25-17(14-29-2)26-27(18)13-16;/h15-16H,3-14H2,1-2H3,(H,22,28)(H2,21,23,24);1H. The first-order valence-corrected chi connectivity index (χ1v) is 10.9. The number of aryl methyl sites for hydroxylation is 1. The van der Waals surface area contributed by atoms with Crippen LogP contribution in [0.4, 0.5) is 0 Å². The Labute approximate surface area is 196 Å². The number of hydrogen-bond acceptors (Lipinski definition) is 5. The maximum Gasteiger partial charge on any atom is 0.223 e. The summed E-state index contributed by atoms with van der Waals surface area (Å²) in [6.07, 6.45) is 7.52. The fourth-order valence-electron chi connectivity index (χ4n) is 4.04. The van der Waals surface area contributed by atoms with Crippen LogP contribution in [-0.4, -0.2) is 59.4 Å². The molecule has 0 aromatic carbocycles. The van der Waals surface area contributed by atoms with Crippen LogP contribution in [0.2, 0.25) is 0 Å². The topological polar surface area (TPSA) is 105 Å². The lowest BCUT2D eigenvalue weighted by Gasteiger charge is -2.25. The molecule has 0 bridgehead atoms. The van der Waals surface area contributed by atoms with Crippen LogP contribution in [0.25, 0.3) is 0 Å². The van der Waals surface area contributed by atoms with Crippen molar-refractivity contribution in [1.29, 1.82) is 0 Å². The molecule has 10 heteroatoms. The molecule has 1 aromatic heterocycles. The van der Waals surface area contributed by atoms with Gasteiger partial charge in [0.2, 0.25) is 5.91 Å². The van der Waals surface area contributed by atoms with Gasteiger partial charge >= 0.3 is 0 Å². The van der Waals surface area contributed by atoms with E-state index < -0.39 is 0 Å². The van der Waals surface area contributed by atoms with E-state index in [4.69, 9.17) is 4.74 Å². The average Bonchev–Trinajstić information content (AvgIpc) is 3.13. The lowest BCUT2D eigenvalue weighted by Crippen LogP contribution is -2.47. The van der Waals surface area contributed by atoms with E-state index in [9.17, 15) is 4.79 Å². The van der Waals surface area contributed by atoms with Gasteiger partial charge < -0.3 is 20.7 Å². The molecule has 1 amide bonds. The summed E-state index contributed by atoms with van der Waals surface area (Å²) in [7, 11) is 1.65. The molecule has 1 aliphatic carbocycles. The normalized spacial score (nSPS) is 19.5. The zero-order valence-corrected chi connectivity index (χ0v) is 20.5. The van der Waals surface area contributed by atoms with Crippen molar-refractivity contribution in [3.63, 3.8) is 0 Å². The Balaban J connectivity index is 0.00000320. The van der Waals surface area contributed by atoms with E-state index in [1.165, 1.54) is 19.3 Å². The Morgan fingerprint density at radius 3 is 2.77 bits per heavy atom. The summed E-state index contributed by atoms with van der Waals surface area (Å²) in [4.78, 5) is 21.4. The SMILES string of the molecule is CCNC(=NCCNC(=O)C1CCCCC1)NC1CCc2nc(COC)nn2C1.I. The third kappa shape index (κ3) is 7.36. The lowest BCUT2D eigenvalue weighted by molar-refractivity contribution is -0.125. The molecule has 3 N–H and O–H groups in total. The predicted molar refractivity (Wildman–Crippen MR) is 127 cm³/mol. The van der Waals surface area contributed by atoms with Gasteiger partial charge in [-0.1, -0.05) is 19.3 Å². The van der Waals surface area contributed by atoms with Crippen molar-refractivity contribution in [2.45, 2.75) is 71.1 Å². The van der Waals surface area contributed by atoms with Gasteiger partial charge in [0, 0.05) is 38.6 Å². The van der Waals surface area contributed by atoms with Crippen LogP contribution in [0.5, 0.6) is 0 Å². The molecule has 1 atom stereocenters. The van der Waals surface area contributed by atoms with Crippen molar-refractivity contribution in [2.24, 2.45) is 10.9 Å². The third-order valence-electron chi connectivity index (χ3n) is 5.52. The number of halogens is 1. The minimum atomic E-state index is 0. The van der Waals surface area contributed by atoms with E-state index in [1.54, 1.807) is 7.11 Å². The Kier molecular flexibility index (Phi) is 10.8. The number of carbonyl (C=O) groups excluding carboxylic acids is 1. The van der Waals surface area contributed by atoms with Crippen LogP contribution in [0.1, 0.15) is 57.1 Å². The molecule has 9 nitrogen and oxygen atoms in total. The first kappa shape index (κ1) is 24.8. The molecule has 1 fully saturated rings. The number of amides is 1. The molecule has 1 aromatic rings. The average molecular weight is 533 g/mol. The minimum absolute atomic E-state index is 0. The van der Waals surface area contributed by atoms with Gasteiger partial charge in [-0.05, 0) is 26.2 Å². The lowest BCUT2D eigenvalue weighted by atomic mass is 9.89. The quantitative estimate of drug-likeness (QED) is 0.203. The van der Waals surface area contributed by atoms with E-state index in [2.05, 4.69) is 37.9 Å². The van der Waals surface area contributed by atoms with Crippen LogP contribution >= 0.6 is 24.0 Å². The molecular weight excluding hydrogens is 497 g/mol. The van der Waals surface area contributed by atoms with Crippen molar-refractivity contribution in [2.75, 3.05) is 26.7 Å². The zero-order valence-electron chi connectivity index (χ0n) is 18.2.